The molecule has 0 aromatic carbocycles. The highest BCUT2D eigenvalue weighted by molar-refractivity contribution is 5.78. The fourth-order valence-corrected chi connectivity index (χ4v) is 4.14. The van der Waals surface area contributed by atoms with Crippen LogP contribution in [0.4, 0.5) is 14.6 Å². The molecule has 35 heavy (non-hydrogen) atoms. The van der Waals surface area contributed by atoms with E-state index in [1.807, 2.05) is 4.90 Å². The van der Waals surface area contributed by atoms with Gasteiger partial charge in [0.1, 0.15) is 11.7 Å². The maximum absolute atomic E-state index is 15.0. The van der Waals surface area contributed by atoms with Crippen molar-refractivity contribution in [1.29, 1.82) is 0 Å². The molecule has 4 rings (SSSR count). The maximum Gasteiger partial charge on any atom is 0.303 e. The van der Waals surface area contributed by atoms with Gasteiger partial charge in [0, 0.05) is 37.3 Å². The summed E-state index contributed by atoms with van der Waals surface area (Å²) in [5.41, 5.74) is 2.33. The standard InChI is InChI=1S/C25H27F2N5O3/c1-14(10-18(26)15(2)23-29-20-4-5-21(35-3)30-24(20)31-23)17-12-19(27)25(28-13-17)32-8-6-16(7-9-32)11-22(33)34/h4-5,10,12-13,16H,6-9,11H2,1-3H3,(H,33,34)(H,29,30,31)/b14-10+,18-15-. The first-order chi connectivity index (χ1) is 16.7. The summed E-state index contributed by atoms with van der Waals surface area (Å²) in [4.78, 5) is 28.6. The Morgan fingerprint density at radius 2 is 2.03 bits per heavy atom. The number of methoxy groups -OCH3 is 1. The average Bonchev–Trinajstić information content (AvgIpc) is 3.27. The Morgan fingerprint density at radius 1 is 1.29 bits per heavy atom. The minimum atomic E-state index is -0.812. The van der Waals surface area contributed by atoms with Gasteiger partial charge in [0.25, 0.3) is 0 Å². The number of hydrogen-bond donors (Lipinski definition) is 2. The van der Waals surface area contributed by atoms with E-state index in [1.54, 1.807) is 26.0 Å². The summed E-state index contributed by atoms with van der Waals surface area (Å²) in [7, 11) is 1.51. The van der Waals surface area contributed by atoms with Crippen molar-refractivity contribution in [3.05, 3.63) is 53.5 Å². The van der Waals surface area contributed by atoms with E-state index in [0.29, 0.717) is 59.9 Å². The predicted octanol–water partition coefficient (Wildman–Crippen LogP) is 5.00. The summed E-state index contributed by atoms with van der Waals surface area (Å²) < 4.78 is 35.0. The zero-order valence-corrected chi connectivity index (χ0v) is 19.8. The Labute approximate surface area is 201 Å². The van der Waals surface area contributed by atoms with Crippen LogP contribution in [0.1, 0.15) is 44.5 Å². The molecule has 1 aliphatic rings. The van der Waals surface area contributed by atoms with Gasteiger partial charge in [-0.3, -0.25) is 4.79 Å². The zero-order chi connectivity index (χ0) is 25.1. The third-order valence-corrected chi connectivity index (χ3v) is 6.24. The highest BCUT2D eigenvalue weighted by Gasteiger charge is 2.24. The van der Waals surface area contributed by atoms with Gasteiger partial charge in [0.05, 0.1) is 12.6 Å². The molecule has 0 atom stereocenters. The number of pyridine rings is 2. The van der Waals surface area contributed by atoms with Gasteiger partial charge < -0.3 is 19.7 Å². The summed E-state index contributed by atoms with van der Waals surface area (Å²) in [6.45, 7) is 4.38. The van der Waals surface area contributed by atoms with E-state index in [0.717, 1.165) is 0 Å². The molecule has 0 saturated carbocycles. The summed E-state index contributed by atoms with van der Waals surface area (Å²) in [5.74, 6) is -0.743. The van der Waals surface area contributed by atoms with E-state index in [1.165, 1.54) is 25.4 Å². The van der Waals surface area contributed by atoms with E-state index >= 15 is 4.39 Å². The molecular formula is C25H27F2N5O3. The minimum absolute atomic E-state index is 0.0961. The second kappa shape index (κ2) is 10.2. The molecule has 0 radical (unpaired) electrons. The monoisotopic (exact) mass is 483 g/mol. The van der Waals surface area contributed by atoms with Crippen LogP contribution in [0.25, 0.3) is 22.3 Å². The Kier molecular flexibility index (Phi) is 7.09. The number of fused-ring (bicyclic) bond motifs is 1. The van der Waals surface area contributed by atoms with Crippen LogP contribution in [-0.2, 0) is 4.79 Å². The lowest BCUT2D eigenvalue weighted by molar-refractivity contribution is -0.138. The summed E-state index contributed by atoms with van der Waals surface area (Å²) in [6.07, 6.45) is 4.32. The van der Waals surface area contributed by atoms with Crippen molar-refractivity contribution in [2.24, 2.45) is 5.92 Å². The van der Waals surface area contributed by atoms with Crippen molar-refractivity contribution >= 4 is 34.1 Å². The van der Waals surface area contributed by atoms with Gasteiger partial charge in [0.2, 0.25) is 5.88 Å². The van der Waals surface area contributed by atoms with Crippen molar-refractivity contribution in [2.75, 3.05) is 25.1 Å². The van der Waals surface area contributed by atoms with E-state index in [9.17, 15) is 9.18 Å². The summed E-state index contributed by atoms with van der Waals surface area (Å²) in [5, 5.41) is 8.96. The van der Waals surface area contributed by atoms with Crippen LogP contribution in [-0.4, -0.2) is 51.2 Å². The molecule has 0 aliphatic carbocycles. The average molecular weight is 484 g/mol. The number of imidazole rings is 1. The van der Waals surface area contributed by atoms with Crippen molar-refractivity contribution in [2.45, 2.75) is 33.1 Å². The number of hydrogen-bond acceptors (Lipinski definition) is 6. The van der Waals surface area contributed by atoms with Gasteiger partial charge in [-0.2, -0.15) is 4.98 Å². The van der Waals surface area contributed by atoms with Crippen LogP contribution in [0.3, 0.4) is 0 Å². The van der Waals surface area contributed by atoms with Gasteiger partial charge in [0.15, 0.2) is 17.3 Å². The van der Waals surface area contributed by atoms with E-state index in [-0.39, 0.29) is 23.7 Å². The third-order valence-electron chi connectivity index (χ3n) is 6.24. The van der Waals surface area contributed by atoms with Crippen molar-refractivity contribution < 1.29 is 23.4 Å². The molecule has 1 saturated heterocycles. The van der Waals surface area contributed by atoms with Gasteiger partial charge in [-0.15, -0.1) is 0 Å². The molecule has 3 aromatic rings. The topological polar surface area (TPSA) is 104 Å². The molecule has 8 nitrogen and oxygen atoms in total. The van der Waals surface area contributed by atoms with Gasteiger partial charge in [-0.1, -0.05) is 0 Å². The lowest BCUT2D eigenvalue weighted by atomic mass is 9.93. The molecule has 0 bridgehead atoms. The minimum Gasteiger partial charge on any atom is -0.481 e. The van der Waals surface area contributed by atoms with Crippen molar-refractivity contribution in [3.63, 3.8) is 0 Å². The van der Waals surface area contributed by atoms with Crippen molar-refractivity contribution in [1.82, 2.24) is 19.9 Å². The molecule has 0 unspecified atom stereocenters. The number of piperidine rings is 1. The Balaban J connectivity index is 1.50. The zero-order valence-electron chi connectivity index (χ0n) is 19.8. The molecule has 0 spiro atoms. The molecule has 10 heteroatoms. The van der Waals surface area contributed by atoms with Crippen LogP contribution < -0.4 is 9.64 Å². The number of aliphatic carboxylic acids is 1. The van der Waals surface area contributed by atoms with Crippen LogP contribution in [0.15, 0.2) is 36.3 Å². The van der Waals surface area contributed by atoms with Crippen LogP contribution in [0.2, 0.25) is 0 Å². The highest BCUT2D eigenvalue weighted by Crippen LogP contribution is 2.29. The smallest absolute Gasteiger partial charge is 0.303 e. The molecule has 2 N–H and O–H groups in total. The van der Waals surface area contributed by atoms with Gasteiger partial charge in [-0.05, 0) is 62.0 Å². The predicted molar refractivity (Wildman–Crippen MR) is 129 cm³/mol. The number of nitrogens with one attached hydrogen (secondary N) is 1. The number of H-pyrrole nitrogens is 1. The van der Waals surface area contributed by atoms with Crippen LogP contribution >= 0.6 is 0 Å². The number of carboxylic acids is 1. The first-order valence-electron chi connectivity index (χ1n) is 11.3. The van der Waals surface area contributed by atoms with Crippen LogP contribution in [0.5, 0.6) is 5.88 Å². The number of anilines is 1. The molecule has 3 aromatic heterocycles. The number of carboxylic acid groups (broad SMARTS) is 1. The SMILES string of the molecule is COc1ccc2[nH]c(/C(C)=C(F)/C=C(\C)c3cnc(N4CCC(CC(=O)O)CC4)c(F)c3)nc2n1. The number of rotatable bonds is 7. The lowest BCUT2D eigenvalue weighted by Crippen LogP contribution is -2.35. The number of ether oxygens (including phenoxy) is 1. The number of allylic oxidation sites excluding steroid dienone is 4. The van der Waals surface area contributed by atoms with Gasteiger partial charge >= 0.3 is 5.97 Å². The van der Waals surface area contributed by atoms with E-state index in [2.05, 4.69) is 19.9 Å². The van der Waals surface area contributed by atoms with E-state index in [4.69, 9.17) is 9.84 Å². The number of nitrogens with zero attached hydrogens (tertiary/aromatic N) is 4. The van der Waals surface area contributed by atoms with Crippen LogP contribution in [0, 0.1) is 11.7 Å². The Hall–Kier alpha value is -3.82. The third kappa shape index (κ3) is 5.47. The summed E-state index contributed by atoms with van der Waals surface area (Å²) in [6, 6.07) is 4.79. The second-order valence-electron chi connectivity index (χ2n) is 8.67. The molecule has 1 fully saturated rings. The molecule has 184 valence electrons. The highest BCUT2D eigenvalue weighted by atomic mass is 19.1. The number of halogens is 2. The molecule has 1 aliphatic heterocycles. The first kappa shape index (κ1) is 24.3. The molecule has 0 amide bonds. The normalized spacial score (nSPS) is 15.9. The quantitative estimate of drug-likeness (QED) is 0.456. The number of aromatic nitrogens is 4. The second-order valence-corrected chi connectivity index (χ2v) is 8.67. The maximum atomic E-state index is 15.0. The Bertz CT molecular complexity index is 1310. The number of carbonyl (C=O) groups is 1. The van der Waals surface area contributed by atoms with Crippen molar-refractivity contribution in [3.8, 4) is 5.88 Å². The largest absolute Gasteiger partial charge is 0.481 e. The molecule has 4 heterocycles. The Morgan fingerprint density at radius 3 is 2.69 bits per heavy atom. The lowest BCUT2D eigenvalue weighted by Gasteiger charge is -2.32. The first-order valence-corrected chi connectivity index (χ1v) is 11.3. The summed E-state index contributed by atoms with van der Waals surface area (Å²) >= 11 is 0. The number of aromatic amines is 1. The van der Waals surface area contributed by atoms with Gasteiger partial charge in [-0.25, -0.2) is 18.7 Å². The molecular weight excluding hydrogens is 456 g/mol. The van der Waals surface area contributed by atoms with E-state index < -0.39 is 17.6 Å². The fourth-order valence-electron chi connectivity index (χ4n) is 4.14. The fraction of sp³-hybridized carbons (Fsp3) is 0.360.